The minimum atomic E-state index is -0.201. The van der Waals surface area contributed by atoms with Crippen molar-refractivity contribution in [2.75, 3.05) is 25.0 Å². The number of aliphatic hydroxyl groups excluding tert-OH is 1. The molecule has 1 aromatic rings. The highest BCUT2D eigenvalue weighted by molar-refractivity contribution is 9.10. The third-order valence-electron chi connectivity index (χ3n) is 4.28. The number of aliphatic hydroxyl groups is 1. The van der Waals surface area contributed by atoms with E-state index in [4.69, 9.17) is 0 Å². The lowest BCUT2D eigenvalue weighted by Crippen LogP contribution is -2.43. The maximum atomic E-state index is 9.95. The molecule has 0 amide bonds. The van der Waals surface area contributed by atoms with Crippen molar-refractivity contribution in [3.63, 3.8) is 0 Å². The van der Waals surface area contributed by atoms with E-state index in [1.165, 1.54) is 0 Å². The highest BCUT2D eigenvalue weighted by Gasteiger charge is 2.32. The van der Waals surface area contributed by atoms with Gasteiger partial charge in [0.15, 0.2) is 0 Å². The molecule has 1 unspecified atom stereocenters. The molecule has 1 atom stereocenters. The highest BCUT2D eigenvalue weighted by atomic mass is 79.9. The summed E-state index contributed by atoms with van der Waals surface area (Å²) < 4.78 is 1.05. The van der Waals surface area contributed by atoms with Crippen LogP contribution in [-0.4, -0.2) is 41.3 Å². The second kappa shape index (κ2) is 6.92. The zero-order valence-electron chi connectivity index (χ0n) is 12.4. The van der Waals surface area contributed by atoms with Gasteiger partial charge in [-0.15, -0.1) is 0 Å². The fourth-order valence-electron chi connectivity index (χ4n) is 2.90. The number of halogens is 1. The molecule has 0 aliphatic carbocycles. The van der Waals surface area contributed by atoms with Gasteiger partial charge in [0.2, 0.25) is 0 Å². The first kappa shape index (κ1) is 15.8. The van der Waals surface area contributed by atoms with Crippen LogP contribution in [0.2, 0.25) is 0 Å². The van der Waals surface area contributed by atoms with Crippen LogP contribution in [0.15, 0.2) is 28.7 Å². The summed E-state index contributed by atoms with van der Waals surface area (Å²) in [6.45, 7) is 6.83. The molecule has 0 radical (unpaired) electrons. The third kappa shape index (κ3) is 3.74. The SMILES string of the molecule is CC(C)N1CCCC(CO)(Nc2ccccc2Br)CC1. The van der Waals surface area contributed by atoms with Crippen LogP contribution in [-0.2, 0) is 0 Å². The van der Waals surface area contributed by atoms with E-state index < -0.39 is 0 Å². The summed E-state index contributed by atoms with van der Waals surface area (Å²) in [5, 5.41) is 13.5. The van der Waals surface area contributed by atoms with Gasteiger partial charge in [-0.1, -0.05) is 12.1 Å². The first-order valence-electron chi connectivity index (χ1n) is 7.44. The Hall–Kier alpha value is -0.580. The molecule has 1 aliphatic rings. The number of rotatable bonds is 4. The monoisotopic (exact) mass is 340 g/mol. The van der Waals surface area contributed by atoms with E-state index in [-0.39, 0.29) is 12.1 Å². The van der Waals surface area contributed by atoms with Gasteiger partial charge >= 0.3 is 0 Å². The van der Waals surface area contributed by atoms with Crippen LogP contribution in [0.3, 0.4) is 0 Å². The summed E-state index contributed by atoms with van der Waals surface area (Å²) in [5.74, 6) is 0. The van der Waals surface area contributed by atoms with Gasteiger partial charge in [0.25, 0.3) is 0 Å². The van der Waals surface area contributed by atoms with Gasteiger partial charge in [-0.3, -0.25) is 0 Å². The summed E-state index contributed by atoms with van der Waals surface area (Å²) >= 11 is 3.58. The molecular weight excluding hydrogens is 316 g/mol. The van der Waals surface area contributed by atoms with E-state index in [1.807, 2.05) is 18.2 Å². The van der Waals surface area contributed by atoms with E-state index >= 15 is 0 Å². The molecule has 20 heavy (non-hydrogen) atoms. The van der Waals surface area contributed by atoms with Gasteiger partial charge in [-0.05, 0) is 67.7 Å². The maximum Gasteiger partial charge on any atom is 0.0662 e. The van der Waals surface area contributed by atoms with E-state index in [0.29, 0.717) is 6.04 Å². The van der Waals surface area contributed by atoms with E-state index in [2.05, 4.69) is 46.1 Å². The Bertz CT molecular complexity index is 438. The Balaban J connectivity index is 2.12. The van der Waals surface area contributed by atoms with Gasteiger partial charge in [-0.25, -0.2) is 0 Å². The molecular formula is C16H25BrN2O. The van der Waals surface area contributed by atoms with Crippen molar-refractivity contribution in [1.82, 2.24) is 4.90 Å². The maximum absolute atomic E-state index is 9.95. The largest absolute Gasteiger partial charge is 0.394 e. The van der Waals surface area contributed by atoms with Gasteiger partial charge in [0.1, 0.15) is 0 Å². The van der Waals surface area contributed by atoms with Crippen molar-refractivity contribution in [3.8, 4) is 0 Å². The number of benzene rings is 1. The van der Waals surface area contributed by atoms with E-state index in [9.17, 15) is 5.11 Å². The molecule has 1 aliphatic heterocycles. The smallest absolute Gasteiger partial charge is 0.0662 e. The highest BCUT2D eigenvalue weighted by Crippen LogP contribution is 2.31. The number of hydrogen-bond donors (Lipinski definition) is 2. The van der Waals surface area contributed by atoms with Crippen molar-refractivity contribution in [1.29, 1.82) is 0 Å². The van der Waals surface area contributed by atoms with Crippen LogP contribution in [0.1, 0.15) is 33.1 Å². The number of nitrogens with zero attached hydrogens (tertiary/aromatic N) is 1. The second-order valence-electron chi connectivity index (χ2n) is 6.03. The summed E-state index contributed by atoms with van der Waals surface area (Å²) in [7, 11) is 0. The van der Waals surface area contributed by atoms with Gasteiger partial charge < -0.3 is 15.3 Å². The molecule has 3 nitrogen and oxygen atoms in total. The Kier molecular flexibility index (Phi) is 5.47. The van der Waals surface area contributed by atoms with Crippen LogP contribution in [0.4, 0.5) is 5.69 Å². The number of likely N-dealkylation sites (tertiary alicyclic amines) is 1. The molecule has 0 saturated carbocycles. The fraction of sp³-hybridized carbons (Fsp3) is 0.625. The van der Waals surface area contributed by atoms with Crippen LogP contribution < -0.4 is 5.32 Å². The molecule has 1 fully saturated rings. The molecule has 1 aromatic carbocycles. The van der Waals surface area contributed by atoms with Crippen molar-refractivity contribution >= 4 is 21.6 Å². The molecule has 0 spiro atoms. The van der Waals surface area contributed by atoms with Gasteiger partial charge in [-0.2, -0.15) is 0 Å². The lowest BCUT2D eigenvalue weighted by atomic mass is 9.91. The van der Waals surface area contributed by atoms with Gasteiger partial charge in [0, 0.05) is 22.7 Å². The minimum absolute atomic E-state index is 0.181. The number of para-hydroxylation sites is 1. The first-order valence-corrected chi connectivity index (χ1v) is 8.23. The average Bonchev–Trinajstić information content (AvgIpc) is 2.65. The summed E-state index contributed by atoms with van der Waals surface area (Å²) in [4.78, 5) is 2.50. The normalized spacial score (nSPS) is 24.6. The molecule has 112 valence electrons. The van der Waals surface area contributed by atoms with Crippen LogP contribution in [0.5, 0.6) is 0 Å². The summed E-state index contributed by atoms with van der Waals surface area (Å²) in [6.07, 6.45) is 3.10. The minimum Gasteiger partial charge on any atom is -0.394 e. The number of nitrogens with one attached hydrogen (secondary N) is 1. The van der Waals surface area contributed by atoms with Crippen LogP contribution in [0.25, 0.3) is 0 Å². The van der Waals surface area contributed by atoms with E-state index in [0.717, 1.165) is 42.5 Å². The van der Waals surface area contributed by atoms with Gasteiger partial charge in [0.05, 0.1) is 12.1 Å². The predicted octanol–water partition coefficient (Wildman–Crippen LogP) is 3.49. The number of anilines is 1. The van der Waals surface area contributed by atoms with Crippen LogP contribution >= 0.6 is 15.9 Å². The lowest BCUT2D eigenvalue weighted by Gasteiger charge is -2.34. The fourth-order valence-corrected chi connectivity index (χ4v) is 3.29. The third-order valence-corrected chi connectivity index (χ3v) is 4.98. The molecule has 1 heterocycles. The van der Waals surface area contributed by atoms with Crippen molar-refractivity contribution in [2.45, 2.75) is 44.7 Å². The molecule has 0 aromatic heterocycles. The van der Waals surface area contributed by atoms with Crippen LogP contribution in [0, 0.1) is 0 Å². The molecule has 0 bridgehead atoms. The van der Waals surface area contributed by atoms with Crippen molar-refractivity contribution in [3.05, 3.63) is 28.7 Å². The average molecular weight is 341 g/mol. The standard InChI is InChI=1S/C16H25BrN2O/c1-13(2)19-10-5-8-16(12-20,9-11-19)18-15-7-4-3-6-14(15)17/h3-4,6-7,13,18,20H,5,8-12H2,1-2H3. The lowest BCUT2D eigenvalue weighted by molar-refractivity contribution is 0.186. The molecule has 4 heteroatoms. The second-order valence-corrected chi connectivity index (χ2v) is 6.88. The van der Waals surface area contributed by atoms with Crippen molar-refractivity contribution in [2.24, 2.45) is 0 Å². The summed E-state index contributed by atoms with van der Waals surface area (Å²) in [6, 6.07) is 8.70. The Morgan fingerprint density at radius 3 is 2.70 bits per heavy atom. The zero-order valence-corrected chi connectivity index (χ0v) is 14.0. The molecule has 2 rings (SSSR count). The quantitative estimate of drug-likeness (QED) is 0.880. The molecule has 2 N–H and O–H groups in total. The predicted molar refractivity (Wildman–Crippen MR) is 88.1 cm³/mol. The Morgan fingerprint density at radius 1 is 1.30 bits per heavy atom. The Morgan fingerprint density at radius 2 is 2.05 bits per heavy atom. The first-order chi connectivity index (χ1) is 9.56. The van der Waals surface area contributed by atoms with E-state index in [1.54, 1.807) is 0 Å². The molecule has 1 saturated heterocycles. The zero-order chi connectivity index (χ0) is 14.6. The summed E-state index contributed by atoms with van der Waals surface area (Å²) in [5.41, 5.74) is 0.868. The van der Waals surface area contributed by atoms with Crippen molar-refractivity contribution < 1.29 is 5.11 Å². The topological polar surface area (TPSA) is 35.5 Å². The number of hydrogen-bond acceptors (Lipinski definition) is 3. The Labute approximate surface area is 130 Å².